The van der Waals surface area contributed by atoms with E-state index in [0.717, 1.165) is 19.1 Å². The molecule has 2 rings (SSSR count). The van der Waals surface area contributed by atoms with Gasteiger partial charge in [-0.2, -0.15) is 0 Å². The molecule has 1 saturated heterocycles. The van der Waals surface area contributed by atoms with Crippen LogP contribution in [-0.4, -0.2) is 25.3 Å². The molecule has 0 aromatic rings. The zero-order chi connectivity index (χ0) is 13.7. The van der Waals surface area contributed by atoms with Crippen molar-refractivity contribution in [1.29, 1.82) is 0 Å². The minimum absolute atomic E-state index is 0.444. The van der Waals surface area contributed by atoms with E-state index in [0.29, 0.717) is 17.6 Å². The van der Waals surface area contributed by atoms with Crippen molar-refractivity contribution in [3.8, 4) is 0 Å². The lowest BCUT2D eigenvalue weighted by atomic mass is 9.74. The van der Waals surface area contributed by atoms with E-state index in [9.17, 15) is 0 Å². The summed E-state index contributed by atoms with van der Waals surface area (Å²) >= 11 is 0. The minimum Gasteiger partial charge on any atom is -0.377 e. The van der Waals surface area contributed by atoms with Gasteiger partial charge in [0.2, 0.25) is 0 Å². The molecule has 0 aromatic carbocycles. The molecule has 2 unspecified atom stereocenters. The molecular formula is C17H33NO. The first kappa shape index (κ1) is 15.3. The molecule has 1 N–H and O–H groups in total. The van der Waals surface area contributed by atoms with E-state index < -0.39 is 0 Å². The lowest BCUT2D eigenvalue weighted by Gasteiger charge is -2.35. The second-order valence-electron chi connectivity index (χ2n) is 7.09. The molecule has 0 bridgehead atoms. The van der Waals surface area contributed by atoms with E-state index >= 15 is 0 Å². The molecule has 2 heteroatoms. The molecule has 19 heavy (non-hydrogen) atoms. The highest BCUT2D eigenvalue weighted by atomic mass is 16.5. The van der Waals surface area contributed by atoms with Crippen LogP contribution in [0.25, 0.3) is 0 Å². The van der Waals surface area contributed by atoms with E-state index in [1.807, 2.05) is 0 Å². The molecule has 1 aliphatic carbocycles. The fraction of sp³-hybridized carbons (Fsp3) is 1.00. The standard InChI is InChI=1S/C17H33NO/c1-4-5-6-7-10-17(13-18-14(2)3)11-12-19-16(17)15-8-9-15/h14-16,18H,4-13H2,1-3H3. The predicted molar refractivity (Wildman–Crippen MR) is 81.4 cm³/mol. The van der Waals surface area contributed by atoms with Crippen molar-refractivity contribution < 1.29 is 4.74 Å². The summed E-state index contributed by atoms with van der Waals surface area (Å²) in [7, 11) is 0. The first-order valence-electron chi connectivity index (χ1n) is 8.53. The van der Waals surface area contributed by atoms with Crippen molar-refractivity contribution in [2.24, 2.45) is 11.3 Å². The maximum absolute atomic E-state index is 6.14. The highest BCUT2D eigenvalue weighted by Crippen LogP contribution is 2.50. The van der Waals surface area contributed by atoms with Gasteiger partial charge < -0.3 is 10.1 Å². The van der Waals surface area contributed by atoms with Gasteiger partial charge in [-0.25, -0.2) is 0 Å². The third-order valence-corrected chi connectivity index (χ3v) is 4.94. The van der Waals surface area contributed by atoms with E-state index in [2.05, 4.69) is 26.1 Å². The van der Waals surface area contributed by atoms with Gasteiger partial charge in [0.25, 0.3) is 0 Å². The van der Waals surface area contributed by atoms with Gasteiger partial charge in [-0.15, -0.1) is 0 Å². The van der Waals surface area contributed by atoms with Gasteiger partial charge in [-0.1, -0.05) is 46.5 Å². The molecule has 2 nitrogen and oxygen atoms in total. The van der Waals surface area contributed by atoms with Crippen LogP contribution in [0.5, 0.6) is 0 Å². The van der Waals surface area contributed by atoms with Gasteiger partial charge in [0.1, 0.15) is 0 Å². The van der Waals surface area contributed by atoms with Crippen LogP contribution >= 0.6 is 0 Å². The van der Waals surface area contributed by atoms with Crippen molar-refractivity contribution in [3.05, 3.63) is 0 Å². The Hall–Kier alpha value is -0.0800. The third kappa shape index (κ3) is 4.19. The highest BCUT2D eigenvalue weighted by Gasteiger charge is 2.50. The number of hydrogen-bond acceptors (Lipinski definition) is 2. The van der Waals surface area contributed by atoms with Crippen molar-refractivity contribution in [3.63, 3.8) is 0 Å². The van der Waals surface area contributed by atoms with Gasteiger partial charge in [0, 0.05) is 24.6 Å². The van der Waals surface area contributed by atoms with Crippen LogP contribution in [0.2, 0.25) is 0 Å². The van der Waals surface area contributed by atoms with Crippen LogP contribution in [-0.2, 0) is 4.74 Å². The second kappa shape index (κ2) is 7.08. The molecule has 0 aromatic heterocycles. The quantitative estimate of drug-likeness (QED) is 0.634. The van der Waals surface area contributed by atoms with Crippen LogP contribution in [0.15, 0.2) is 0 Å². The summed E-state index contributed by atoms with van der Waals surface area (Å²) in [6.45, 7) is 8.97. The Labute approximate surface area is 119 Å². The lowest BCUT2D eigenvalue weighted by Crippen LogP contribution is -2.43. The Morgan fingerprint density at radius 1 is 1.21 bits per heavy atom. The molecule has 1 saturated carbocycles. The average Bonchev–Trinajstić information content (AvgIpc) is 3.14. The SMILES string of the molecule is CCCCCCC1(CNC(C)C)CCOC1C1CC1. The summed E-state index contributed by atoms with van der Waals surface area (Å²) in [6, 6.07) is 0.591. The first-order valence-corrected chi connectivity index (χ1v) is 8.53. The summed E-state index contributed by atoms with van der Waals surface area (Å²) in [5.41, 5.74) is 0.444. The Morgan fingerprint density at radius 3 is 2.63 bits per heavy atom. The summed E-state index contributed by atoms with van der Waals surface area (Å²) in [4.78, 5) is 0. The van der Waals surface area contributed by atoms with Gasteiger partial charge in [-0.05, 0) is 31.6 Å². The maximum atomic E-state index is 6.14. The van der Waals surface area contributed by atoms with E-state index in [4.69, 9.17) is 4.74 Å². The molecule has 0 radical (unpaired) electrons. The van der Waals surface area contributed by atoms with Gasteiger partial charge >= 0.3 is 0 Å². The van der Waals surface area contributed by atoms with Crippen LogP contribution in [0.3, 0.4) is 0 Å². The molecule has 1 aliphatic heterocycles. The van der Waals surface area contributed by atoms with Crippen molar-refractivity contribution >= 4 is 0 Å². The van der Waals surface area contributed by atoms with Gasteiger partial charge in [-0.3, -0.25) is 0 Å². The van der Waals surface area contributed by atoms with E-state index in [1.54, 1.807) is 0 Å². The Kier molecular flexibility index (Phi) is 5.70. The van der Waals surface area contributed by atoms with Gasteiger partial charge in [0.05, 0.1) is 6.10 Å². The number of ether oxygens (including phenoxy) is 1. The zero-order valence-corrected chi connectivity index (χ0v) is 13.2. The smallest absolute Gasteiger partial charge is 0.0672 e. The summed E-state index contributed by atoms with van der Waals surface area (Å²) in [5, 5.41) is 3.70. The topological polar surface area (TPSA) is 21.3 Å². The largest absolute Gasteiger partial charge is 0.377 e. The Bertz CT molecular complexity index is 262. The maximum Gasteiger partial charge on any atom is 0.0672 e. The van der Waals surface area contributed by atoms with Crippen LogP contribution in [0.1, 0.15) is 72.1 Å². The van der Waals surface area contributed by atoms with Gasteiger partial charge in [0.15, 0.2) is 0 Å². The number of nitrogens with one attached hydrogen (secondary N) is 1. The average molecular weight is 267 g/mol. The molecular weight excluding hydrogens is 234 g/mol. The van der Waals surface area contributed by atoms with Crippen LogP contribution in [0, 0.1) is 11.3 Å². The molecule has 2 atom stereocenters. The molecule has 0 spiro atoms. The second-order valence-corrected chi connectivity index (χ2v) is 7.09. The summed E-state index contributed by atoms with van der Waals surface area (Å²) < 4.78 is 6.14. The van der Waals surface area contributed by atoms with Crippen molar-refractivity contribution in [2.75, 3.05) is 13.2 Å². The molecule has 2 fully saturated rings. The minimum atomic E-state index is 0.444. The lowest BCUT2D eigenvalue weighted by molar-refractivity contribution is 0.0245. The van der Waals surface area contributed by atoms with Crippen molar-refractivity contribution in [2.45, 2.75) is 84.3 Å². The first-order chi connectivity index (χ1) is 9.18. The van der Waals surface area contributed by atoms with Crippen LogP contribution < -0.4 is 5.32 Å². The highest BCUT2D eigenvalue weighted by molar-refractivity contribution is 5.00. The normalized spacial score (nSPS) is 31.3. The molecule has 112 valence electrons. The zero-order valence-electron chi connectivity index (χ0n) is 13.2. The summed E-state index contributed by atoms with van der Waals surface area (Å²) in [6.07, 6.45) is 11.5. The number of hydrogen-bond donors (Lipinski definition) is 1. The number of rotatable bonds is 9. The fourth-order valence-corrected chi connectivity index (χ4v) is 3.60. The van der Waals surface area contributed by atoms with Crippen LogP contribution in [0.4, 0.5) is 0 Å². The third-order valence-electron chi connectivity index (χ3n) is 4.94. The Morgan fingerprint density at radius 2 is 2.00 bits per heavy atom. The van der Waals surface area contributed by atoms with E-state index in [1.165, 1.54) is 51.4 Å². The fourth-order valence-electron chi connectivity index (χ4n) is 3.60. The molecule has 0 amide bonds. The monoisotopic (exact) mass is 267 g/mol. The Balaban J connectivity index is 1.90. The molecule has 1 heterocycles. The number of unbranched alkanes of at least 4 members (excludes halogenated alkanes) is 3. The predicted octanol–water partition coefficient (Wildman–Crippen LogP) is 4.14. The molecule has 2 aliphatic rings. The van der Waals surface area contributed by atoms with Crippen molar-refractivity contribution in [1.82, 2.24) is 5.32 Å². The van der Waals surface area contributed by atoms with E-state index in [-0.39, 0.29) is 0 Å². The summed E-state index contributed by atoms with van der Waals surface area (Å²) in [5.74, 6) is 0.877.